The standard InChI is InChI=1S/C37H45N7O2.C35H38FN7O3.C34H39F3N6O4/c1-25(2)34-36(45)39-31-12-11-29(43-20-18-42(19-21-43)24-26-8-6-5-7-9-26)23-30(31)35-38-32-22-27(10-13-33(32)44(34)35)37(46)41(4)28-14-16-40(3)17-15-28;1-21(2)32-34(45)39-29-10-9-27(42-13-12-25(20-42)37-22(3)44)19-28(29)33-38-30-18-23(4-11-31(30)43(32)33)35(46)41-16-14-40(15-17-41)26-7-5-24(36)6-8-26;1-3-21(2)30-33(45)42-27-9-8-25(39-12-14-47-16-15-46-13-11-38)19-26(27)31-41-28-18-23(7-10-29(28)43(30)31)32(44)40-20-22-5-4-6-24(17-22)34(35,36)37/h5-13,22-23,25,28,34H,14-21,24H2,1-4H3,(H,39,45);4-11,18-19,21,25,32H,12-17,20H2,1-3H3,(H,37,44)(H,39,45);4-10,17-19,21,30,39H,3,11-16,20,38H2,1-2H3,(H,40,44)(H,42,45)/t;25?,32-;21-,30?/m.00/s1. The van der Waals surface area contributed by atoms with Crippen LogP contribution >= 0.6 is 0 Å². The van der Waals surface area contributed by atoms with Gasteiger partial charge in [-0.2, -0.15) is 13.2 Å². The molecule has 0 aliphatic carbocycles. The van der Waals surface area contributed by atoms with Gasteiger partial charge in [-0.15, -0.1) is 0 Å². The highest BCUT2D eigenvalue weighted by Crippen LogP contribution is 2.46. The first-order chi connectivity index (χ1) is 67.0. The average Bonchev–Trinajstić information content (AvgIpc) is 1.61. The Morgan fingerprint density at radius 2 is 1.04 bits per heavy atom. The van der Waals surface area contributed by atoms with Crippen molar-refractivity contribution in [3.05, 3.63) is 227 Å². The fourth-order valence-electron chi connectivity index (χ4n) is 20.0. The van der Waals surface area contributed by atoms with E-state index in [0.717, 1.165) is 158 Å². The SMILES string of the molecule is CC(=O)NC1CCN(c2ccc3c(c2)-c2nc4cc(C(=O)N5CCN(c6ccc(F)cc6)CC5)ccc4n2[C@@H](C(C)C)C(=O)N3)C1.CC(C)C1C(=O)Nc2ccc(N3CCN(Cc4ccccc4)CC3)cc2-c2nc3cc(C(=O)N(C)C4CCN(C)CC4)ccc3n21.CC[C@H](C)C1C(=O)Nc2ccc(NCCOCCOCCN)cc2-c2nc3cc(C(=O)NCc4cccc(C(F)(F)F)c4)ccc3n21. The van der Waals surface area contributed by atoms with Crippen LogP contribution in [-0.4, -0.2) is 234 Å². The van der Waals surface area contributed by atoms with E-state index >= 15 is 0 Å². The third-order valence-corrected chi connectivity index (χ3v) is 27.6. The first-order valence-corrected chi connectivity index (χ1v) is 48.3. The van der Waals surface area contributed by atoms with Gasteiger partial charge in [-0.3, -0.25) is 38.5 Å². The first-order valence-electron chi connectivity index (χ1n) is 48.3. The topological polar surface area (TPSA) is 312 Å². The number of nitrogens with one attached hydrogen (secondary N) is 6. The number of anilines is 7. The van der Waals surface area contributed by atoms with Crippen molar-refractivity contribution in [1.82, 2.24) is 58.9 Å². The summed E-state index contributed by atoms with van der Waals surface area (Å²) in [5.74, 6) is 0.922. The maximum atomic E-state index is 13.7. The smallest absolute Gasteiger partial charge is 0.383 e. The van der Waals surface area contributed by atoms with Gasteiger partial charge in [0.25, 0.3) is 17.7 Å². The summed E-state index contributed by atoms with van der Waals surface area (Å²) in [5, 5.41) is 18.5. The average molecular weight is 1900 g/mol. The van der Waals surface area contributed by atoms with Crippen molar-refractivity contribution < 1.29 is 60.6 Å². The van der Waals surface area contributed by atoms with Crippen molar-refractivity contribution in [3.63, 3.8) is 0 Å². The Labute approximate surface area is 806 Å². The van der Waals surface area contributed by atoms with Crippen molar-refractivity contribution in [2.24, 2.45) is 23.5 Å². The number of hydrogen-bond acceptors (Lipinski definition) is 19. The largest absolute Gasteiger partial charge is 0.416 e. The van der Waals surface area contributed by atoms with E-state index in [9.17, 15) is 51.1 Å². The number of imidazole rings is 3. The molecule has 8 N–H and O–H groups in total. The molecule has 0 spiro atoms. The number of nitrogens with zero attached hydrogens (tertiary/aromatic N) is 13. The number of nitrogens with two attached hydrogens (primary N) is 1. The van der Waals surface area contributed by atoms with Crippen LogP contribution in [0.4, 0.5) is 57.4 Å². The number of amides is 7. The maximum absolute atomic E-state index is 13.7. The number of ether oxygens (including phenoxy) is 2. The highest BCUT2D eigenvalue weighted by Gasteiger charge is 2.40. The molecule has 9 aromatic carbocycles. The number of fused-ring (bicyclic) bond motifs is 15. The second-order valence-corrected chi connectivity index (χ2v) is 37.8. The zero-order valence-electron chi connectivity index (χ0n) is 80.1. The molecule has 12 aromatic rings. The van der Waals surface area contributed by atoms with E-state index in [2.05, 4.69) is 130 Å². The van der Waals surface area contributed by atoms with Gasteiger partial charge in [-0.25, -0.2) is 19.3 Å². The zero-order chi connectivity index (χ0) is 97.6. The maximum Gasteiger partial charge on any atom is 0.416 e. The third kappa shape index (κ3) is 21.5. The minimum atomic E-state index is -4.47. The fraction of sp³-hybridized carbons (Fsp3) is 0.396. The fourth-order valence-corrected chi connectivity index (χ4v) is 20.0. The number of alkyl halides is 3. The molecule has 33 heteroatoms. The van der Waals surface area contributed by atoms with Crippen LogP contribution in [0.5, 0.6) is 0 Å². The molecule has 7 aliphatic rings. The van der Waals surface area contributed by atoms with Gasteiger partial charge in [0.2, 0.25) is 23.6 Å². The van der Waals surface area contributed by atoms with Crippen LogP contribution in [-0.2, 0) is 47.9 Å². The molecule has 19 rings (SSSR count). The normalized spacial score (nSPS) is 18.0. The summed E-state index contributed by atoms with van der Waals surface area (Å²) in [6, 6.07) is 55.2. The molecule has 0 radical (unpaired) electrons. The first kappa shape index (κ1) is 97.1. The van der Waals surface area contributed by atoms with Gasteiger partial charge in [0.15, 0.2) is 0 Å². The molecule has 139 heavy (non-hydrogen) atoms. The second kappa shape index (κ2) is 42.4. The number of rotatable bonds is 25. The lowest BCUT2D eigenvalue weighted by Crippen LogP contribution is -2.48. The molecule has 29 nitrogen and oxygen atoms in total. The van der Waals surface area contributed by atoms with Gasteiger partial charge in [-0.05, 0) is 214 Å². The summed E-state index contributed by atoms with van der Waals surface area (Å²) in [6.07, 6.45) is -0.913. The molecule has 4 fully saturated rings. The predicted molar refractivity (Wildman–Crippen MR) is 535 cm³/mol. The lowest BCUT2D eigenvalue weighted by Gasteiger charge is -2.36. The summed E-state index contributed by atoms with van der Waals surface area (Å²) in [7, 11) is 4.05. The van der Waals surface area contributed by atoms with E-state index in [1.165, 1.54) is 29.8 Å². The van der Waals surface area contributed by atoms with Gasteiger partial charge in [-0.1, -0.05) is 90.4 Å². The van der Waals surface area contributed by atoms with E-state index in [4.69, 9.17) is 30.2 Å². The molecule has 5 atom stereocenters. The molecular formula is C106H122F4N20O9. The Hall–Kier alpha value is -13.6. The van der Waals surface area contributed by atoms with Crippen LogP contribution in [0.3, 0.4) is 0 Å². The monoisotopic (exact) mass is 1890 g/mol. The van der Waals surface area contributed by atoms with Crippen molar-refractivity contribution in [1.29, 1.82) is 0 Å². The van der Waals surface area contributed by atoms with E-state index < -0.39 is 35.8 Å². The third-order valence-electron chi connectivity index (χ3n) is 27.6. The quantitative estimate of drug-likeness (QED) is 0.0206. The molecule has 4 saturated heterocycles. The van der Waals surface area contributed by atoms with E-state index in [1.807, 2.05) is 126 Å². The number of piperazine rings is 2. The van der Waals surface area contributed by atoms with Crippen LogP contribution in [0.25, 0.3) is 67.3 Å². The van der Waals surface area contributed by atoms with Crippen molar-refractivity contribution in [3.8, 4) is 34.2 Å². The molecule has 0 saturated carbocycles. The van der Waals surface area contributed by atoms with Gasteiger partial charge in [0, 0.05) is 174 Å². The van der Waals surface area contributed by atoms with E-state index in [-0.39, 0.29) is 77.6 Å². The Bertz CT molecular complexity index is 6520. The minimum absolute atomic E-state index is 0.0133. The number of carbonyl (C=O) groups is 7. The lowest BCUT2D eigenvalue weighted by molar-refractivity contribution is -0.137. The van der Waals surface area contributed by atoms with Crippen molar-refractivity contribution >= 4 is 114 Å². The zero-order valence-corrected chi connectivity index (χ0v) is 80.1. The lowest BCUT2D eigenvalue weighted by atomic mass is 9.97. The molecule has 7 amide bonds. The summed E-state index contributed by atoms with van der Waals surface area (Å²) in [6.45, 7) is 27.3. The number of aromatic nitrogens is 6. The molecular weight excluding hydrogens is 1770 g/mol. The molecule has 0 bridgehead atoms. The molecule has 3 unspecified atom stereocenters. The summed E-state index contributed by atoms with van der Waals surface area (Å²) >= 11 is 0. The molecule has 728 valence electrons. The number of carbonyl (C=O) groups excluding carboxylic acids is 7. The molecule has 3 aromatic heterocycles. The number of hydrogen-bond donors (Lipinski definition) is 7. The van der Waals surface area contributed by atoms with Crippen molar-refractivity contribution in [2.45, 2.75) is 124 Å². The van der Waals surface area contributed by atoms with Crippen LogP contribution in [0, 0.1) is 23.6 Å². The van der Waals surface area contributed by atoms with Gasteiger partial charge >= 0.3 is 6.18 Å². The second-order valence-electron chi connectivity index (χ2n) is 37.8. The minimum Gasteiger partial charge on any atom is -0.383 e. The molecule has 10 heterocycles. The van der Waals surface area contributed by atoms with Crippen molar-refractivity contribution in [2.75, 3.05) is 168 Å². The Kier molecular flexibility index (Phi) is 29.6. The Balaban J connectivity index is 0.000000144. The van der Waals surface area contributed by atoms with Gasteiger partial charge in [0.05, 0.1) is 82.2 Å². The Morgan fingerprint density at radius 3 is 1.62 bits per heavy atom. The Morgan fingerprint density at radius 1 is 0.532 bits per heavy atom. The van der Waals surface area contributed by atoms with Crippen LogP contribution < -0.4 is 52.3 Å². The summed E-state index contributed by atoms with van der Waals surface area (Å²) in [5.41, 5.74) is 20.5. The van der Waals surface area contributed by atoms with Gasteiger partial charge in [0.1, 0.15) is 41.4 Å². The number of benzene rings is 9. The highest BCUT2D eigenvalue weighted by molar-refractivity contribution is 6.07. The highest BCUT2D eigenvalue weighted by atomic mass is 19.4. The van der Waals surface area contributed by atoms with Gasteiger partial charge < -0.3 is 90.2 Å². The van der Waals surface area contributed by atoms with E-state index in [1.54, 1.807) is 37.3 Å². The van der Waals surface area contributed by atoms with Crippen LogP contribution in [0.1, 0.15) is 140 Å². The van der Waals surface area contributed by atoms with Crippen LogP contribution in [0.15, 0.2) is 188 Å². The van der Waals surface area contributed by atoms with Crippen LogP contribution in [0.2, 0.25) is 0 Å². The summed E-state index contributed by atoms with van der Waals surface area (Å²) in [4.78, 5) is 124. The number of piperidine rings is 1. The number of halogens is 4. The predicted octanol–water partition coefficient (Wildman–Crippen LogP) is 15.6. The summed E-state index contributed by atoms with van der Waals surface area (Å²) < 4.78 is 69.8. The number of likely N-dealkylation sites (tertiary alicyclic amines) is 1. The molecule has 7 aliphatic heterocycles. The van der Waals surface area contributed by atoms with E-state index in [0.29, 0.717) is 134 Å².